The fourth-order valence-electron chi connectivity index (χ4n) is 3.85. The van der Waals surface area contributed by atoms with Crippen LogP contribution in [0.2, 0.25) is 0 Å². The minimum Gasteiger partial charge on any atom is -0.549 e. The van der Waals surface area contributed by atoms with Gasteiger partial charge in [0.2, 0.25) is 0 Å². The molecule has 1 aliphatic carbocycles. The van der Waals surface area contributed by atoms with Gasteiger partial charge in [-0.3, -0.25) is 0 Å². The summed E-state index contributed by atoms with van der Waals surface area (Å²) in [7, 11) is 0. The van der Waals surface area contributed by atoms with Crippen LogP contribution in [0, 0.1) is 21.7 Å². The van der Waals surface area contributed by atoms with E-state index in [0.717, 1.165) is 0 Å². The third-order valence-electron chi connectivity index (χ3n) is 4.99. The molecule has 1 fully saturated rings. The zero-order valence-corrected chi connectivity index (χ0v) is 46.2. The number of hydrogen-bond donors (Lipinski definition) is 0. The van der Waals surface area contributed by atoms with Crippen molar-refractivity contribution in [3.63, 3.8) is 0 Å². The van der Waals surface area contributed by atoms with Gasteiger partial charge in [0.05, 0.1) is 69.4 Å². The molecule has 1 saturated carbocycles. The summed E-state index contributed by atoms with van der Waals surface area (Å²) in [6.07, 6.45) is -2.95. The zero-order chi connectivity index (χ0) is 23.3. The molecular formula is C13H2K8O16. The van der Waals surface area contributed by atoms with Gasteiger partial charge in [-0.25, -0.2) is 0 Å². The average molecular weight is 727 g/mol. The van der Waals surface area contributed by atoms with Crippen molar-refractivity contribution in [3.8, 4) is 0 Å². The molecule has 24 heteroatoms. The summed E-state index contributed by atoms with van der Waals surface area (Å²) in [5.74, 6) is -28.9. The number of carbonyl (C=O) groups is 8. The largest absolute Gasteiger partial charge is 1.00 e. The van der Waals surface area contributed by atoms with E-state index in [1.807, 2.05) is 0 Å². The van der Waals surface area contributed by atoms with Crippen LogP contribution < -0.4 is 452 Å². The molecule has 0 saturated heterocycles. The fraction of sp³-hybridized carbons (Fsp3) is 0.385. The number of aliphatic carboxylic acids is 8. The van der Waals surface area contributed by atoms with E-state index in [2.05, 4.69) is 0 Å². The van der Waals surface area contributed by atoms with Gasteiger partial charge in [-0.15, -0.1) is 0 Å². The van der Waals surface area contributed by atoms with Crippen molar-refractivity contribution >= 4 is 47.8 Å². The molecule has 158 valence electrons. The summed E-state index contributed by atoms with van der Waals surface area (Å²) in [6.45, 7) is 0. The van der Waals surface area contributed by atoms with E-state index in [4.69, 9.17) is 0 Å². The third kappa shape index (κ3) is 10.2. The molecule has 0 N–H and O–H groups in total. The van der Waals surface area contributed by atoms with E-state index in [0.29, 0.717) is 0 Å². The Balaban J connectivity index is -0.000000175. The second-order valence-corrected chi connectivity index (χ2v) is 5.79. The monoisotopic (exact) mass is 726 g/mol. The van der Waals surface area contributed by atoms with Gasteiger partial charge in [-0.2, -0.15) is 0 Å². The molecule has 0 aromatic carbocycles. The minimum absolute atomic E-state index is 0. The summed E-state index contributed by atoms with van der Waals surface area (Å²) in [6, 6.07) is 0. The molecular weight excluding hydrogens is 725 g/mol. The van der Waals surface area contributed by atoms with E-state index in [9.17, 15) is 79.2 Å². The zero-order valence-electron chi connectivity index (χ0n) is 21.2. The van der Waals surface area contributed by atoms with Crippen LogP contribution in [0.4, 0.5) is 0 Å². The molecule has 0 spiro atoms. The Morgan fingerprint density at radius 3 is 0.541 bits per heavy atom. The van der Waals surface area contributed by atoms with Crippen LogP contribution in [0.1, 0.15) is 6.42 Å². The maximum atomic E-state index is 11.6. The Bertz CT molecular complexity index is 792. The van der Waals surface area contributed by atoms with Crippen molar-refractivity contribution in [2.24, 2.45) is 21.7 Å². The third-order valence-corrected chi connectivity index (χ3v) is 4.99. The normalized spacial score (nSPS) is 15.8. The smallest absolute Gasteiger partial charge is 0.549 e. The van der Waals surface area contributed by atoms with E-state index in [-0.39, 0.29) is 411 Å². The van der Waals surface area contributed by atoms with Gasteiger partial charge in [0.15, 0.2) is 0 Å². The van der Waals surface area contributed by atoms with Crippen molar-refractivity contribution in [3.05, 3.63) is 0 Å². The molecule has 0 bridgehead atoms. The van der Waals surface area contributed by atoms with Gasteiger partial charge in [-0.05, 0) is 6.42 Å². The molecule has 1 rings (SSSR count). The molecule has 1 aliphatic rings. The minimum atomic E-state index is -5.57. The van der Waals surface area contributed by atoms with E-state index >= 15 is 0 Å². The summed E-state index contributed by atoms with van der Waals surface area (Å²) in [4.78, 5) is 92.4. The van der Waals surface area contributed by atoms with Crippen molar-refractivity contribution < 1.29 is 490 Å². The molecule has 0 amide bonds. The van der Waals surface area contributed by atoms with E-state index in [1.165, 1.54) is 0 Å². The van der Waals surface area contributed by atoms with Crippen LogP contribution in [0.25, 0.3) is 0 Å². The molecule has 16 nitrogen and oxygen atoms in total. The quantitative estimate of drug-likeness (QED) is 0.165. The number of hydrogen-bond acceptors (Lipinski definition) is 16. The van der Waals surface area contributed by atoms with Crippen molar-refractivity contribution in [2.45, 2.75) is 6.42 Å². The number of carboxylic acid groups (broad SMARTS) is 8. The first-order valence-electron chi connectivity index (χ1n) is 6.72. The summed E-state index contributed by atoms with van der Waals surface area (Å²) < 4.78 is 0. The van der Waals surface area contributed by atoms with Crippen molar-refractivity contribution in [1.82, 2.24) is 0 Å². The Morgan fingerprint density at radius 2 is 0.459 bits per heavy atom. The SMILES string of the molecule is O=C([O-])C1(C(=O)[O-])CC(C(=O)[O-])(C(=O)[O-])C(C(=O)[O-])(C(=O)[O-])C1(C(=O)[O-])C(=O)[O-].[K+].[K+].[K+].[K+].[K+].[K+].[K+].[K+]. The average Bonchev–Trinajstić information content (AvgIpc) is 2.82. The predicted molar refractivity (Wildman–Crippen MR) is 54.4 cm³/mol. The summed E-state index contributed by atoms with van der Waals surface area (Å²) in [5, 5.41) is 92.4. The topological polar surface area (TPSA) is 321 Å². The Morgan fingerprint density at radius 1 is 0.324 bits per heavy atom. The standard InChI is InChI=1S/C13H10O16.8K/c14-2(15)10(3(16)17)1-11(4(18)19,5(20)21)13(8(26)27,9(28)29)12(10,6(22)23)7(24)25;;;;;;;;/h1H2,(H,14,15)(H,16,17)(H,18,19)(H,20,21)(H,22,23)(H,24,25)(H,26,27)(H,28,29);;;;;;;;/q;8*+1/p-8. The van der Waals surface area contributed by atoms with E-state index in [1.54, 1.807) is 0 Å². The molecule has 0 unspecified atom stereocenters. The van der Waals surface area contributed by atoms with Gasteiger partial charge in [0, 0.05) is 0 Å². The first-order valence-corrected chi connectivity index (χ1v) is 6.72. The van der Waals surface area contributed by atoms with Gasteiger partial charge in [0.25, 0.3) is 0 Å². The molecule has 0 radical (unpaired) electrons. The second-order valence-electron chi connectivity index (χ2n) is 5.79. The van der Waals surface area contributed by atoms with Gasteiger partial charge in [-0.1, -0.05) is 0 Å². The maximum absolute atomic E-state index is 11.6. The van der Waals surface area contributed by atoms with Crippen LogP contribution in [0.15, 0.2) is 0 Å². The Kier molecular flexibility index (Phi) is 44.8. The van der Waals surface area contributed by atoms with Crippen molar-refractivity contribution in [2.75, 3.05) is 0 Å². The molecule has 0 aliphatic heterocycles. The molecule has 37 heavy (non-hydrogen) atoms. The van der Waals surface area contributed by atoms with Crippen LogP contribution in [-0.2, 0) is 38.4 Å². The fourth-order valence-corrected chi connectivity index (χ4v) is 3.85. The summed E-state index contributed by atoms with van der Waals surface area (Å²) in [5.41, 5.74) is -21.2. The van der Waals surface area contributed by atoms with Crippen molar-refractivity contribution in [1.29, 1.82) is 0 Å². The second kappa shape index (κ2) is 25.8. The Labute approximate surface area is 547 Å². The number of carbonyl (C=O) groups excluding carboxylic acids is 8. The predicted octanol–water partition coefficient (Wildman–Crippen LogP) is -37.6. The van der Waals surface area contributed by atoms with Gasteiger partial charge >= 0.3 is 411 Å². The number of rotatable bonds is 8. The van der Waals surface area contributed by atoms with Crippen LogP contribution in [0.3, 0.4) is 0 Å². The van der Waals surface area contributed by atoms with Crippen LogP contribution in [0.5, 0.6) is 0 Å². The Hall–Kier alpha value is 8.85. The first kappa shape index (κ1) is 64.4. The molecule has 0 aromatic rings. The van der Waals surface area contributed by atoms with Crippen LogP contribution in [-0.4, -0.2) is 47.8 Å². The van der Waals surface area contributed by atoms with Crippen LogP contribution >= 0.6 is 0 Å². The number of carboxylic acids is 8. The first-order chi connectivity index (χ1) is 13.0. The van der Waals surface area contributed by atoms with Gasteiger partial charge in [0.1, 0.15) is 0 Å². The molecule has 0 heterocycles. The summed E-state index contributed by atoms with van der Waals surface area (Å²) >= 11 is 0. The molecule has 0 atom stereocenters. The van der Waals surface area contributed by atoms with Gasteiger partial charge < -0.3 is 79.2 Å². The maximum Gasteiger partial charge on any atom is 1.00 e. The molecule has 0 aromatic heterocycles. The van der Waals surface area contributed by atoms with E-state index < -0.39 is 75.8 Å².